The Balaban J connectivity index is 0.00000288. The normalized spacial score (nSPS) is 19.4. The second kappa shape index (κ2) is 8.11. The van der Waals surface area contributed by atoms with Crippen molar-refractivity contribution in [3.63, 3.8) is 0 Å². The van der Waals surface area contributed by atoms with E-state index < -0.39 is 20.0 Å². The van der Waals surface area contributed by atoms with Crippen molar-refractivity contribution >= 4 is 32.5 Å². The van der Waals surface area contributed by atoms with Gasteiger partial charge in [-0.25, -0.2) is 16.8 Å². The van der Waals surface area contributed by atoms with E-state index in [0.29, 0.717) is 26.1 Å². The molecule has 1 heterocycles. The molecule has 2 rings (SSSR count). The van der Waals surface area contributed by atoms with Crippen molar-refractivity contribution in [2.45, 2.75) is 36.1 Å². The molecule has 1 aromatic carbocycles. The van der Waals surface area contributed by atoms with Crippen molar-refractivity contribution in [1.29, 1.82) is 0 Å². The number of nitrogens with zero attached hydrogens (tertiary/aromatic N) is 2. The monoisotopic (exact) mass is 397 g/mol. The van der Waals surface area contributed by atoms with Gasteiger partial charge in [0.25, 0.3) is 0 Å². The van der Waals surface area contributed by atoms with Gasteiger partial charge in [0.15, 0.2) is 0 Å². The van der Waals surface area contributed by atoms with E-state index in [-0.39, 0.29) is 34.8 Å². The molecule has 0 spiro atoms. The SMILES string of the molecule is CCN(CC)S(=O)(=O)c1cccc(S(=O)(=O)N2CCC(N)C2)c1.Cl. The maximum atomic E-state index is 12.6. The number of hydrogen-bond donors (Lipinski definition) is 1. The van der Waals surface area contributed by atoms with Crippen LogP contribution in [0.5, 0.6) is 0 Å². The Bertz CT molecular complexity index is 764. The lowest BCUT2D eigenvalue weighted by molar-refractivity contribution is 0.445. The van der Waals surface area contributed by atoms with Crippen molar-refractivity contribution in [3.05, 3.63) is 24.3 Å². The molecular weight excluding hydrogens is 374 g/mol. The number of hydrogen-bond acceptors (Lipinski definition) is 5. The molecular formula is C14H24ClN3O4S2. The Labute approximate surface area is 150 Å². The van der Waals surface area contributed by atoms with Gasteiger partial charge in [0.05, 0.1) is 9.79 Å². The lowest BCUT2D eigenvalue weighted by Gasteiger charge is -2.20. The molecule has 1 aliphatic heterocycles. The highest BCUT2D eigenvalue weighted by Gasteiger charge is 2.32. The second-order valence-corrected chi connectivity index (χ2v) is 9.35. The minimum Gasteiger partial charge on any atom is -0.326 e. The van der Waals surface area contributed by atoms with Crippen LogP contribution < -0.4 is 5.73 Å². The molecule has 0 bridgehead atoms. The van der Waals surface area contributed by atoms with Gasteiger partial charge < -0.3 is 5.73 Å². The predicted octanol–water partition coefficient (Wildman–Crippen LogP) is 0.861. The standard InChI is InChI=1S/C14H23N3O4S2.ClH/c1-3-16(4-2)22(18,19)13-6-5-7-14(10-13)23(20,21)17-9-8-12(15)11-17;/h5-7,10,12H,3-4,8-9,11,15H2,1-2H3;1H. The average Bonchev–Trinajstić information content (AvgIpc) is 2.96. The van der Waals surface area contributed by atoms with Gasteiger partial charge in [-0.2, -0.15) is 8.61 Å². The van der Waals surface area contributed by atoms with Crippen LogP contribution in [-0.2, 0) is 20.0 Å². The molecule has 1 atom stereocenters. The fourth-order valence-corrected chi connectivity index (χ4v) is 5.77. The van der Waals surface area contributed by atoms with Crippen molar-refractivity contribution in [2.24, 2.45) is 5.73 Å². The number of sulfonamides is 2. The highest BCUT2D eigenvalue weighted by atomic mass is 35.5. The van der Waals surface area contributed by atoms with Crippen molar-refractivity contribution < 1.29 is 16.8 Å². The minimum atomic E-state index is -3.72. The molecule has 1 fully saturated rings. The summed E-state index contributed by atoms with van der Waals surface area (Å²) in [5, 5.41) is 0. The van der Waals surface area contributed by atoms with E-state index in [1.807, 2.05) is 0 Å². The van der Waals surface area contributed by atoms with E-state index in [9.17, 15) is 16.8 Å². The molecule has 10 heteroatoms. The third-order valence-corrected chi connectivity index (χ3v) is 7.88. The minimum absolute atomic E-state index is 0. The third-order valence-electron chi connectivity index (χ3n) is 3.97. The molecule has 0 saturated carbocycles. The van der Waals surface area contributed by atoms with Crippen molar-refractivity contribution in [1.82, 2.24) is 8.61 Å². The predicted molar refractivity (Wildman–Crippen MR) is 95.1 cm³/mol. The van der Waals surface area contributed by atoms with Crippen LogP contribution in [0, 0.1) is 0 Å². The summed E-state index contributed by atoms with van der Waals surface area (Å²) in [6.45, 7) is 4.76. The molecule has 0 radical (unpaired) electrons. The molecule has 0 aliphatic carbocycles. The fourth-order valence-electron chi connectivity index (χ4n) is 2.63. The molecule has 24 heavy (non-hydrogen) atoms. The van der Waals surface area contributed by atoms with Gasteiger partial charge in [-0.3, -0.25) is 0 Å². The van der Waals surface area contributed by atoms with Crippen molar-refractivity contribution in [3.8, 4) is 0 Å². The van der Waals surface area contributed by atoms with E-state index in [0.717, 1.165) is 0 Å². The van der Waals surface area contributed by atoms with Gasteiger partial charge in [-0.15, -0.1) is 12.4 Å². The van der Waals surface area contributed by atoms with Gasteiger partial charge in [-0.1, -0.05) is 19.9 Å². The van der Waals surface area contributed by atoms with Gasteiger partial charge in [0.1, 0.15) is 0 Å². The third kappa shape index (κ3) is 4.09. The Kier molecular flexibility index (Phi) is 7.21. The van der Waals surface area contributed by atoms with Gasteiger partial charge in [0, 0.05) is 32.2 Å². The molecule has 0 amide bonds. The van der Waals surface area contributed by atoms with Crippen LogP contribution in [0.15, 0.2) is 34.1 Å². The smallest absolute Gasteiger partial charge is 0.243 e. The summed E-state index contributed by atoms with van der Waals surface area (Å²) in [7, 11) is -7.42. The zero-order chi connectivity index (χ0) is 17.3. The van der Waals surface area contributed by atoms with Crippen LogP contribution in [0.25, 0.3) is 0 Å². The highest BCUT2D eigenvalue weighted by Crippen LogP contribution is 2.24. The fraction of sp³-hybridized carbons (Fsp3) is 0.571. The highest BCUT2D eigenvalue weighted by molar-refractivity contribution is 7.90. The molecule has 2 N–H and O–H groups in total. The summed E-state index contributed by atoms with van der Waals surface area (Å²) >= 11 is 0. The van der Waals surface area contributed by atoms with E-state index in [1.165, 1.54) is 32.9 Å². The number of nitrogens with two attached hydrogens (primary N) is 1. The van der Waals surface area contributed by atoms with Crippen molar-refractivity contribution in [2.75, 3.05) is 26.2 Å². The number of rotatable bonds is 6. The van der Waals surface area contributed by atoms with Crippen LogP contribution in [0.3, 0.4) is 0 Å². The zero-order valence-corrected chi connectivity index (χ0v) is 16.2. The molecule has 1 saturated heterocycles. The molecule has 138 valence electrons. The van der Waals surface area contributed by atoms with E-state index in [1.54, 1.807) is 13.8 Å². The van der Waals surface area contributed by atoms with Crippen LogP contribution >= 0.6 is 12.4 Å². The first-order valence-corrected chi connectivity index (χ1v) is 10.5. The molecule has 1 unspecified atom stereocenters. The van der Waals surface area contributed by atoms with E-state index >= 15 is 0 Å². The van der Waals surface area contributed by atoms with E-state index in [2.05, 4.69) is 0 Å². The van der Waals surface area contributed by atoms with Gasteiger partial charge in [-0.05, 0) is 24.6 Å². The summed E-state index contributed by atoms with van der Waals surface area (Å²) in [5.74, 6) is 0. The number of benzene rings is 1. The van der Waals surface area contributed by atoms with Gasteiger partial charge in [0.2, 0.25) is 20.0 Å². The summed E-state index contributed by atoms with van der Waals surface area (Å²) in [6.07, 6.45) is 0.608. The number of halogens is 1. The summed E-state index contributed by atoms with van der Waals surface area (Å²) < 4.78 is 53.0. The molecule has 1 aromatic rings. The average molecular weight is 398 g/mol. The van der Waals surface area contributed by atoms with E-state index in [4.69, 9.17) is 5.73 Å². The summed E-state index contributed by atoms with van der Waals surface area (Å²) in [4.78, 5) is -0.0226. The Morgan fingerprint density at radius 3 is 2.25 bits per heavy atom. The van der Waals surface area contributed by atoms with Crippen LogP contribution in [0.2, 0.25) is 0 Å². The van der Waals surface area contributed by atoms with Crippen LogP contribution in [-0.4, -0.2) is 57.7 Å². The Morgan fingerprint density at radius 2 is 1.75 bits per heavy atom. The quantitative estimate of drug-likeness (QED) is 0.767. The van der Waals surface area contributed by atoms with Crippen LogP contribution in [0.4, 0.5) is 0 Å². The molecule has 0 aromatic heterocycles. The summed E-state index contributed by atoms with van der Waals surface area (Å²) in [5.41, 5.74) is 5.77. The molecule has 7 nitrogen and oxygen atoms in total. The van der Waals surface area contributed by atoms with Gasteiger partial charge >= 0.3 is 0 Å². The largest absolute Gasteiger partial charge is 0.326 e. The second-order valence-electron chi connectivity index (χ2n) is 5.48. The Hall–Kier alpha value is -0.710. The zero-order valence-electron chi connectivity index (χ0n) is 13.8. The summed E-state index contributed by atoms with van der Waals surface area (Å²) in [6, 6.07) is 5.35. The Morgan fingerprint density at radius 1 is 1.17 bits per heavy atom. The maximum absolute atomic E-state index is 12.6. The topological polar surface area (TPSA) is 101 Å². The maximum Gasteiger partial charge on any atom is 0.243 e. The first-order valence-electron chi connectivity index (χ1n) is 7.59. The molecule has 1 aliphatic rings. The lowest BCUT2D eigenvalue weighted by atomic mass is 10.3. The van der Waals surface area contributed by atoms with Crippen LogP contribution in [0.1, 0.15) is 20.3 Å². The first kappa shape index (κ1) is 21.3. The first-order chi connectivity index (χ1) is 10.7. The lowest BCUT2D eigenvalue weighted by Crippen LogP contribution is -2.33.